The van der Waals surface area contributed by atoms with Crippen molar-refractivity contribution in [1.29, 1.82) is 0 Å². The number of anilines is 1. The Morgan fingerprint density at radius 1 is 0.962 bits per heavy atom. The van der Waals surface area contributed by atoms with Gasteiger partial charge in [-0.25, -0.2) is 0 Å². The zero-order valence-corrected chi connectivity index (χ0v) is 15.2. The summed E-state index contributed by atoms with van der Waals surface area (Å²) < 4.78 is 4.92. The smallest absolute Gasteiger partial charge is 0.316 e. The van der Waals surface area contributed by atoms with Gasteiger partial charge >= 0.3 is 5.97 Å². The zero-order chi connectivity index (χ0) is 18.4. The van der Waals surface area contributed by atoms with Gasteiger partial charge in [0, 0.05) is 16.1 Å². The van der Waals surface area contributed by atoms with Gasteiger partial charge in [0.15, 0.2) is 0 Å². The number of rotatable bonds is 6. The fourth-order valence-electron chi connectivity index (χ4n) is 2.54. The van der Waals surface area contributed by atoms with Gasteiger partial charge in [0.2, 0.25) is 0 Å². The van der Waals surface area contributed by atoms with Crippen molar-refractivity contribution < 1.29 is 14.3 Å². The Morgan fingerprint density at radius 3 is 2.58 bits per heavy atom. The number of benzene rings is 3. The van der Waals surface area contributed by atoms with Crippen LogP contribution in [0.2, 0.25) is 0 Å². The van der Waals surface area contributed by atoms with Gasteiger partial charge in [0.1, 0.15) is 0 Å². The highest BCUT2D eigenvalue weighted by molar-refractivity contribution is 8.00. The molecule has 0 unspecified atom stereocenters. The van der Waals surface area contributed by atoms with Crippen molar-refractivity contribution in [2.75, 3.05) is 17.7 Å². The highest BCUT2D eigenvalue weighted by Crippen LogP contribution is 2.23. The van der Waals surface area contributed by atoms with Crippen LogP contribution in [0.15, 0.2) is 71.6 Å². The first-order valence-corrected chi connectivity index (χ1v) is 9.33. The number of nitrogens with one attached hydrogen (secondary N) is 1. The van der Waals surface area contributed by atoms with Gasteiger partial charge in [-0.2, -0.15) is 0 Å². The van der Waals surface area contributed by atoms with E-state index in [4.69, 9.17) is 4.74 Å². The molecule has 1 N–H and O–H groups in total. The van der Waals surface area contributed by atoms with Crippen LogP contribution < -0.4 is 5.32 Å². The lowest BCUT2D eigenvalue weighted by Crippen LogP contribution is -2.11. The molecule has 0 saturated carbocycles. The molecular weight excluding hydrogens is 346 g/mol. The lowest BCUT2D eigenvalue weighted by Gasteiger charge is -2.08. The minimum atomic E-state index is -0.247. The molecule has 0 spiro atoms. The fraction of sp³-hybridized carbons (Fsp3) is 0.143. The lowest BCUT2D eigenvalue weighted by atomic mass is 10.1. The van der Waals surface area contributed by atoms with E-state index >= 15 is 0 Å². The maximum Gasteiger partial charge on any atom is 0.316 e. The van der Waals surface area contributed by atoms with Crippen molar-refractivity contribution in [2.24, 2.45) is 0 Å². The fourth-order valence-corrected chi connectivity index (χ4v) is 3.30. The molecule has 5 heteroatoms. The molecule has 0 fully saturated rings. The largest absolute Gasteiger partial charge is 0.465 e. The van der Waals surface area contributed by atoms with Crippen molar-refractivity contribution in [2.45, 2.75) is 11.8 Å². The molecule has 0 aliphatic rings. The van der Waals surface area contributed by atoms with Crippen LogP contribution in [0.5, 0.6) is 0 Å². The van der Waals surface area contributed by atoms with Gasteiger partial charge in [0.05, 0.1) is 12.4 Å². The number of fused-ring (bicyclic) bond motifs is 1. The molecule has 0 radical (unpaired) electrons. The average Bonchev–Trinajstić information content (AvgIpc) is 2.66. The number of hydrogen-bond acceptors (Lipinski definition) is 4. The van der Waals surface area contributed by atoms with Crippen molar-refractivity contribution >= 4 is 40.1 Å². The molecule has 26 heavy (non-hydrogen) atoms. The topological polar surface area (TPSA) is 55.4 Å². The van der Waals surface area contributed by atoms with E-state index < -0.39 is 0 Å². The highest BCUT2D eigenvalue weighted by atomic mass is 32.2. The van der Waals surface area contributed by atoms with Gasteiger partial charge in [0.25, 0.3) is 5.91 Å². The molecule has 3 rings (SSSR count). The van der Waals surface area contributed by atoms with E-state index in [0.717, 1.165) is 15.7 Å². The van der Waals surface area contributed by atoms with Crippen molar-refractivity contribution in [3.8, 4) is 0 Å². The number of ether oxygens (including phenoxy) is 1. The summed E-state index contributed by atoms with van der Waals surface area (Å²) in [7, 11) is 0. The molecule has 0 bridgehead atoms. The molecule has 4 nitrogen and oxygen atoms in total. The van der Waals surface area contributed by atoms with E-state index in [1.165, 1.54) is 11.8 Å². The number of carbonyl (C=O) groups is 2. The van der Waals surface area contributed by atoms with E-state index in [-0.39, 0.29) is 17.6 Å². The van der Waals surface area contributed by atoms with E-state index in [1.54, 1.807) is 6.92 Å². The van der Waals surface area contributed by atoms with Crippen molar-refractivity contribution in [1.82, 2.24) is 0 Å². The molecule has 0 aliphatic heterocycles. The summed E-state index contributed by atoms with van der Waals surface area (Å²) in [6.45, 7) is 2.16. The normalized spacial score (nSPS) is 10.5. The Hall–Kier alpha value is -2.79. The third-order valence-electron chi connectivity index (χ3n) is 3.77. The molecule has 3 aromatic rings. The van der Waals surface area contributed by atoms with Crippen molar-refractivity contribution in [3.63, 3.8) is 0 Å². The van der Waals surface area contributed by atoms with E-state index in [9.17, 15) is 9.59 Å². The number of carbonyl (C=O) groups excluding carboxylic acids is 2. The van der Waals surface area contributed by atoms with Gasteiger partial charge in [-0.15, -0.1) is 11.8 Å². The van der Waals surface area contributed by atoms with Crippen LogP contribution in [-0.2, 0) is 9.53 Å². The molecule has 0 aliphatic carbocycles. The summed E-state index contributed by atoms with van der Waals surface area (Å²) in [5.41, 5.74) is 1.30. The summed E-state index contributed by atoms with van der Waals surface area (Å²) in [5, 5.41) is 5.03. The zero-order valence-electron chi connectivity index (χ0n) is 14.4. The third kappa shape index (κ3) is 4.64. The second-order valence-corrected chi connectivity index (χ2v) is 6.69. The Morgan fingerprint density at radius 2 is 1.77 bits per heavy atom. The standard InChI is InChI=1S/C21H19NO3S/c1-2-25-20(23)14-26-19-9-5-8-18(13-19)22-21(24)17-11-10-15-6-3-4-7-16(15)12-17/h3-13H,2,14H2,1H3,(H,22,24). The lowest BCUT2D eigenvalue weighted by molar-refractivity contribution is -0.139. The van der Waals surface area contributed by atoms with Crippen molar-refractivity contribution in [3.05, 3.63) is 72.3 Å². The minimum Gasteiger partial charge on any atom is -0.465 e. The average molecular weight is 365 g/mol. The first-order valence-electron chi connectivity index (χ1n) is 8.34. The Bertz CT molecular complexity index is 939. The van der Waals surface area contributed by atoms with Crippen LogP contribution in [0.25, 0.3) is 10.8 Å². The quantitative estimate of drug-likeness (QED) is 0.506. The number of hydrogen-bond donors (Lipinski definition) is 1. The predicted molar refractivity (Wildman–Crippen MR) is 106 cm³/mol. The van der Waals surface area contributed by atoms with E-state index in [1.807, 2.05) is 66.7 Å². The Labute approximate surface area is 156 Å². The van der Waals surface area contributed by atoms with E-state index in [0.29, 0.717) is 17.9 Å². The monoisotopic (exact) mass is 365 g/mol. The summed E-state index contributed by atoms with van der Waals surface area (Å²) in [5.74, 6) is -0.165. The first kappa shape index (κ1) is 18.0. The van der Waals surface area contributed by atoms with Gasteiger partial charge in [-0.3, -0.25) is 9.59 Å². The minimum absolute atomic E-state index is 0.164. The van der Waals surface area contributed by atoms with Gasteiger partial charge in [-0.1, -0.05) is 36.4 Å². The van der Waals surface area contributed by atoms with Crippen LogP contribution in [0.3, 0.4) is 0 Å². The van der Waals surface area contributed by atoms with Crippen LogP contribution in [0.1, 0.15) is 17.3 Å². The molecule has 0 heterocycles. The second kappa shape index (κ2) is 8.54. The first-order chi connectivity index (χ1) is 12.7. The number of thioether (sulfide) groups is 1. The number of esters is 1. The summed E-state index contributed by atoms with van der Waals surface area (Å²) in [6.07, 6.45) is 0. The predicted octanol–water partition coefficient (Wildman–Crippen LogP) is 4.75. The highest BCUT2D eigenvalue weighted by Gasteiger charge is 2.08. The summed E-state index contributed by atoms with van der Waals surface area (Å²) >= 11 is 1.38. The Balaban J connectivity index is 1.68. The van der Waals surface area contributed by atoms with Crippen LogP contribution in [-0.4, -0.2) is 24.2 Å². The van der Waals surface area contributed by atoms with Crippen LogP contribution >= 0.6 is 11.8 Å². The Kier molecular flexibility index (Phi) is 5.92. The van der Waals surface area contributed by atoms with Crippen LogP contribution in [0.4, 0.5) is 5.69 Å². The summed E-state index contributed by atoms with van der Waals surface area (Å²) in [6, 6.07) is 21.0. The SMILES string of the molecule is CCOC(=O)CSc1cccc(NC(=O)c2ccc3ccccc3c2)c1. The maximum absolute atomic E-state index is 12.5. The van der Waals surface area contributed by atoms with Gasteiger partial charge in [-0.05, 0) is 48.0 Å². The second-order valence-electron chi connectivity index (χ2n) is 5.64. The third-order valence-corrected chi connectivity index (χ3v) is 4.73. The number of amides is 1. The van der Waals surface area contributed by atoms with E-state index in [2.05, 4.69) is 5.32 Å². The molecule has 1 amide bonds. The van der Waals surface area contributed by atoms with Crippen LogP contribution in [0, 0.1) is 0 Å². The molecule has 0 aromatic heterocycles. The summed E-state index contributed by atoms with van der Waals surface area (Å²) in [4.78, 5) is 24.9. The molecule has 0 atom stereocenters. The molecule has 3 aromatic carbocycles. The van der Waals surface area contributed by atoms with Gasteiger partial charge < -0.3 is 10.1 Å². The molecule has 132 valence electrons. The maximum atomic E-state index is 12.5. The molecular formula is C21H19NO3S. The molecule has 0 saturated heterocycles.